The summed E-state index contributed by atoms with van der Waals surface area (Å²) in [5.41, 5.74) is 11.6. The minimum atomic E-state index is -0.804. The average molecular weight is 286 g/mol. The second-order valence-corrected chi connectivity index (χ2v) is 5.90. The summed E-state index contributed by atoms with van der Waals surface area (Å²) in [5.74, 6) is -1.61. The van der Waals surface area contributed by atoms with Gasteiger partial charge < -0.3 is 30.4 Å². The highest BCUT2D eigenvalue weighted by Crippen LogP contribution is 2.48. The Labute approximate surface area is 120 Å². The monoisotopic (exact) mass is 286 g/mol. The Balaban J connectivity index is 1.90. The van der Waals surface area contributed by atoms with Gasteiger partial charge in [0.05, 0.1) is 13.2 Å². The summed E-state index contributed by atoms with van der Waals surface area (Å²) in [7, 11) is 0. The third kappa shape index (κ3) is 2.28. The molecule has 116 valence electrons. The molecule has 0 radical (unpaired) electrons. The molecule has 0 unspecified atom stereocenters. The highest BCUT2D eigenvalue weighted by molar-refractivity contribution is 4.99. The Morgan fingerprint density at radius 1 is 0.750 bits per heavy atom. The zero-order valence-electron chi connectivity index (χ0n) is 12.0. The van der Waals surface area contributed by atoms with Crippen molar-refractivity contribution >= 4 is 0 Å². The summed E-state index contributed by atoms with van der Waals surface area (Å²) in [6.45, 7) is 2.12. The van der Waals surface area contributed by atoms with Gasteiger partial charge in [-0.2, -0.15) is 0 Å². The van der Waals surface area contributed by atoms with Crippen molar-refractivity contribution in [2.24, 2.45) is 11.5 Å². The molecule has 2 spiro atoms. The second kappa shape index (κ2) is 5.87. The van der Waals surface area contributed by atoms with Gasteiger partial charge in [-0.25, -0.2) is 0 Å². The van der Waals surface area contributed by atoms with Crippen LogP contribution >= 0.6 is 0 Å². The lowest BCUT2D eigenvalue weighted by atomic mass is 9.88. The highest BCUT2D eigenvalue weighted by Gasteiger charge is 2.63. The first-order valence-electron chi connectivity index (χ1n) is 7.79. The maximum Gasteiger partial charge on any atom is 0.224 e. The van der Waals surface area contributed by atoms with E-state index in [0.717, 1.165) is 38.5 Å². The number of hydrogen-bond acceptors (Lipinski definition) is 6. The van der Waals surface area contributed by atoms with Gasteiger partial charge >= 0.3 is 0 Å². The maximum absolute atomic E-state index is 6.28. The fraction of sp³-hybridized carbons (Fsp3) is 1.00. The summed E-state index contributed by atoms with van der Waals surface area (Å²) < 4.78 is 24.7. The van der Waals surface area contributed by atoms with Gasteiger partial charge in [0.25, 0.3) is 0 Å². The topological polar surface area (TPSA) is 89.0 Å². The molecule has 0 amide bonds. The van der Waals surface area contributed by atoms with Crippen molar-refractivity contribution < 1.29 is 18.9 Å². The van der Waals surface area contributed by atoms with Crippen LogP contribution in [0.4, 0.5) is 0 Å². The van der Waals surface area contributed by atoms with Gasteiger partial charge in [-0.15, -0.1) is 0 Å². The van der Waals surface area contributed by atoms with Crippen molar-refractivity contribution in [2.45, 2.75) is 62.3 Å². The fourth-order valence-corrected chi connectivity index (χ4v) is 3.54. The summed E-state index contributed by atoms with van der Waals surface area (Å²) in [4.78, 5) is 0. The van der Waals surface area contributed by atoms with Gasteiger partial charge in [-0.1, -0.05) is 0 Å². The van der Waals surface area contributed by atoms with E-state index in [1.54, 1.807) is 0 Å². The van der Waals surface area contributed by atoms with E-state index in [0.29, 0.717) is 26.3 Å². The summed E-state index contributed by atoms with van der Waals surface area (Å²) in [5, 5.41) is 0. The predicted octanol–water partition coefficient (Wildman–Crippen LogP) is 0.481. The van der Waals surface area contributed by atoms with Gasteiger partial charge in [-0.05, 0) is 25.7 Å². The molecule has 0 saturated carbocycles. The molecule has 4 N–H and O–H groups in total. The fourth-order valence-electron chi connectivity index (χ4n) is 3.54. The van der Waals surface area contributed by atoms with Crippen molar-refractivity contribution in [1.29, 1.82) is 0 Å². The second-order valence-electron chi connectivity index (χ2n) is 5.90. The molecule has 3 saturated heterocycles. The lowest BCUT2D eigenvalue weighted by molar-refractivity contribution is -0.478. The van der Waals surface area contributed by atoms with Crippen LogP contribution in [0.2, 0.25) is 0 Å². The van der Waals surface area contributed by atoms with E-state index in [4.69, 9.17) is 30.4 Å². The molecule has 0 bridgehead atoms. The van der Waals surface area contributed by atoms with Crippen LogP contribution in [0, 0.1) is 0 Å². The molecule has 0 aromatic heterocycles. The van der Waals surface area contributed by atoms with Crippen LogP contribution in [-0.4, -0.2) is 50.1 Å². The average Bonchev–Trinajstić information content (AvgIpc) is 2.52. The van der Waals surface area contributed by atoms with Crippen LogP contribution < -0.4 is 11.5 Å². The molecule has 3 aliphatic heterocycles. The highest BCUT2D eigenvalue weighted by atomic mass is 16.8. The number of rotatable bonds is 2. The van der Waals surface area contributed by atoms with Gasteiger partial charge in [-0.3, -0.25) is 0 Å². The van der Waals surface area contributed by atoms with Crippen molar-refractivity contribution in [3.05, 3.63) is 0 Å². The number of nitrogens with two attached hydrogens (primary N) is 2. The first-order chi connectivity index (χ1) is 9.75. The Morgan fingerprint density at radius 3 is 1.50 bits per heavy atom. The normalized spacial score (nSPS) is 45.9. The van der Waals surface area contributed by atoms with E-state index in [-0.39, 0.29) is 12.2 Å². The Kier molecular flexibility index (Phi) is 4.31. The molecular formula is C14H26N2O4. The smallest absolute Gasteiger partial charge is 0.224 e. The molecule has 4 atom stereocenters. The summed E-state index contributed by atoms with van der Waals surface area (Å²) in [6, 6.07) is 0. The predicted molar refractivity (Wildman–Crippen MR) is 72.9 cm³/mol. The van der Waals surface area contributed by atoms with Crippen molar-refractivity contribution in [2.75, 3.05) is 26.3 Å². The van der Waals surface area contributed by atoms with Gasteiger partial charge in [0.2, 0.25) is 11.6 Å². The van der Waals surface area contributed by atoms with Crippen molar-refractivity contribution in [3.8, 4) is 0 Å². The standard InChI is InChI=1S/C14H26N2O4/c15-9-11-12(10-16)20-14(6-2-4-8-18-14)13(19-11)5-1-3-7-17-13/h11-12H,1-10,15-16H2/t11-,12-,13+,14+/m0/s1. The van der Waals surface area contributed by atoms with E-state index in [2.05, 4.69) is 0 Å². The minimum absolute atomic E-state index is 0.228. The van der Waals surface area contributed by atoms with Crippen LogP contribution in [0.5, 0.6) is 0 Å². The Hall–Kier alpha value is -0.240. The molecule has 0 aromatic rings. The SMILES string of the molecule is NC[C@@H]1O[C@]2(CCCCO2)[C@@]2(CCCCO2)O[C@H]1CN. The van der Waals surface area contributed by atoms with E-state index in [1.807, 2.05) is 0 Å². The quantitative estimate of drug-likeness (QED) is 0.767. The largest absolute Gasteiger partial charge is 0.345 e. The number of hydrogen-bond donors (Lipinski definition) is 2. The Bertz CT molecular complexity index is 295. The van der Waals surface area contributed by atoms with Crippen LogP contribution in [0.25, 0.3) is 0 Å². The third-order valence-corrected chi connectivity index (χ3v) is 4.61. The van der Waals surface area contributed by atoms with Crippen LogP contribution in [-0.2, 0) is 18.9 Å². The molecule has 20 heavy (non-hydrogen) atoms. The first-order valence-corrected chi connectivity index (χ1v) is 7.79. The molecule has 3 aliphatic rings. The molecule has 6 nitrogen and oxygen atoms in total. The van der Waals surface area contributed by atoms with Crippen molar-refractivity contribution in [1.82, 2.24) is 0 Å². The molecule has 3 fully saturated rings. The van der Waals surface area contributed by atoms with Crippen LogP contribution in [0.15, 0.2) is 0 Å². The molecule has 3 heterocycles. The van der Waals surface area contributed by atoms with E-state index >= 15 is 0 Å². The lowest BCUT2D eigenvalue weighted by Gasteiger charge is -2.57. The molecular weight excluding hydrogens is 260 g/mol. The van der Waals surface area contributed by atoms with Crippen LogP contribution in [0.1, 0.15) is 38.5 Å². The summed E-state index contributed by atoms with van der Waals surface area (Å²) >= 11 is 0. The minimum Gasteiger partial charge on any atom is -0.345 e. The van der Waals surface area contributed by atoms with E-state index < -0.39 is 11.6 Å². The molecule has 0 aromatic carbocycles. The first kappa shape index (κ1) is 14.7. The van der Waals surface area contributed by atoms with Gasteiger partial charge in [0, 0.05) is 25.9 Å². The van der Waals surface area contributed by atoms with Crippen LogP contribution in [0.3, 0.4) is 0 Å². The van der Waals surface area contributed by atoms with E-state index in [9.17, 15) is 0 Å². The van der Waals surface area contributed by atoms with Gasteiger partial charge in [0.15, 0.2) is 0 Å². The summed E-state index contributed by atoms with van der Waals surface area (Å²) in [6.07, 6.45) is 5.34. The zero-order valence-corrected chi connectivity index (χ0v) is 12.0. The molecule has 6 heteroatoms. The van der Waals surface area contributed by atoms with E-state index in [1.165, 1.54) is 0 Å². The molecule has 0 aliphatic carbocycles. The number of fused-ring (bicyclic) bond motifs is 1. The van der Waals surface area contributed by atoms with Gasteiger partial charge in [0.1, 0.15) is 12.2 Å². The maximum atomic E-state index is 6.28. The van der Waals surface area contributed by atoms with Crippen molar-refractivity contribution in [3.63, 3.8) is 0 Å². The molecule has 3 rings (SSSR count). The zero-order chi connectivity index (χ0) is 14.1. The lowest BCUT2D eigenvalue weighted by Crippen LogP contribution is -2.71. The number of ether oxygens (including phenoxy) is 4. The Morgan fingerprint density at radius 2 is 1.20 bits per heavy atom. The third-order valence-electron chi connectivity index (χ3n) is 4.61.